The summed E-state index contributed by atoms with van der Waals surface area (Å²) in [6, 6.07) is 12.6. The SMILES string of the molecule is Cc1ccc(S(=O)(=O)O)cc1.Cc1ccc(S(=O)(=O)O)cc1.NC1CC1. The average molecular weight is 402 g/mol. The molecule has 1 aliphatic rings. The van der Waals surface area contributed by atoms with E-state index in [0.29, 0.717) is 6.04 Å². The van der Waals surface area contributed by atoms with E-state index in [4.69, 9.17) is 14.8 Å². The van der Waals surface area contributed by atoms with Crippen LogP contribution in [0, 0.1) is 13.8 Å². The van der Waals surface area contributed by atoms with Crippen molar-refractivity contribution in [3.05, 3.63) is 59.7 Å². The van der Waals surface area contributed by atoms with E-state index in [1.165, 1.54) is 37.1 Å². The smallest absolute Gasteiger partial charge is 0.294 e. The van der Waals surface area contributed by atoms with Crippen molar-refractivity contribution in [3.8, 4) is 0 Å². The van der Waals surface area contributed by atoms with Gasteiger partial charge in [-0.3, -0.25) is 9.11 Å². The standard InChI is InChI=1S/2C7H8O3S.C3H7N/c2*1-6-2-4-7(5-3-6)11(8,9)10;4-3-1-2-3/h2*2-5H,1H3,(H,8,9,10);3H,1-2,4H2. The number of aryl methyl sites for hydroxylation is 2. The average Bonchev–Trinajstić information content (AvgIpc) is 3.30. The van der Waals surface area contributed by atoms with Crippen LogP contribution in [0.2, 0.25) is 0 Å². The molecule has 2 aromatic rings. The third-order valence-corrected chi connectivity index (χ3v) is 5.00. The maximum Gasteiger partial charge on any atom is 0.294 e. The van der Waals surface area contributed by atoms with E-state index in [1.807, 2.05) is 13.8 Å². The lowest BCUT2D eigenvalue weighted by Gasteiger charge is -1.95. The minimum atomic E-state index is -4.02. The Morgan fingerprint density at radius 2 is 0.962 bits per heavy atom. The molecular weight excluding hydrogens is 378 g/mol. The fourth-order valence-corrected chi connectivity index (χ4v) is 2.48. The molecule has 0 aliphatic heterocycles. The minimum Gasteiger partial charge on any atom is -0.328 e. The van der Waals surface area contributed by atoms with Crippen LogP contribution in [0.3, 0.4) is 0 Å². The van der Waals surface area contributed by atoms with Crippen molar-refractivity contribution in [2.75, 3.05) is 0 Å². The highest BCUT2D eigenvalue weighted by Gasteiger charge is 2.13. The molecular formula is C17H23NO6S2. The molecule has 0 spiro atoms. The fraction of sp³-hybridized carbons (Fsp3) is 0.294. The molecule has 0 atom stereocenters. The van der Waals surface area contributed by atoms with Crippen molar-refractivity contribution in [1.29, 1.82) is 0 Å². The van der Waals surface area contributed by atoms with Gasteiger partial charge in [0.1, 0.15) is 0 Å². The summed E-state index contributed by atoms with van der Waals surface area (Å²) in [5.41, 5.74) is 7.13. The topological polar surface area (TPSA) is 135 Å². The van der Waals surface area contributed by atoms with Gasteiger partial charge in [0.2, 0.25) is 0 Å². The number of hydrogen-bond donors (Lipinski definition) is 3. The molecule has 7 nitrogen and oxygen atoms in total. The van der Waals surface area contributed by atoms with E-state index in [-0.39, 0.29) is 9.79 Å². The second-order valence-electron chi connectivity index (χ2n) is 5.91. The van der Waals surface area contributed by atoms with E-state index in [9.17, 15) is 16.8 Å². The molecule has 1 aliphatic carbocycles. The van der Waals surface area contributed by atoms with Crippen LogP contribution in [-0.4, -0.2) is 32.0 Å². The first-order valence-electron chi connectivity index (χ1n) is 7.73. The summed E-state index contributed by atoms with van der Waals surface area (Å²) in [4.78, 5) is -0.133. The molecule has 1 fully saturated rings. The fourth-order valence-electron chi connectivity index (χ4n) is 1.52. The summed E-state index contributed by atoms with van der Waals surface area (Å²) >= 11 is 0. The maximum absolute atomic E-state index is 10.5. The Kier molecular flexibility index (Phi) is 7.91. The predicted molar refractivity (Wildman–Crippen MR) is 99.2 cm³/mol. The predicted octanol–water partition coefficient (Wildman–Crippen LogP) is 2.59. The molecule has 0 aromatic heterocycles. The van der Waals surface area contributed by atoms with Gasteiger partial charge in [-0.1, -0.05) is 35.4 Å². The van der Waals surface area contributed by atoms with E-state index in [1.54, 1.807) is 24.3 Å². The lowest BCUT2D eigenvalue weighted by Crippen LogP contribution is -1.96. The van der Waals surface area contributed by atoms with Gasteiger partial charge in [0, 0.05) is 6.04 Å². The third kappa shape index (κ3) is 9.07. The van der Waals surface area contributed by atoms with E-state index in [2.05, 4.69) is 0 Å². The summed E-state index contributed by atoms with van der Waals surface area (Å²) in [5, 5.41) is 0. The highest BCUT2D eigenvalue weighted by atomic mass is 32.2. The van der Waals surface area contributed by atoms with Crippen LogP contribution in [0.25, 0.3) is 0 Å². The van der Waals surface area contributed by atoms with Crippen LogP contribution in [0.5, 0.6) is 0 Å². The first-order chi connectivity index (χ1) is 11.9. The molecule has 3 rings (SSSR count). The second-order valence-corrected chi connectivity index (χ2v) is 8.76. The van der Waals surface area contributed by atoms with Crippen molar-refractivity contribution in [2.24, 2.45) is 5.73 Å². The monoisotopic (exact) mass is 401 g/mol. The molecule has 144 valence electrons. The zero-order chi connectivity index (χ0) is 20.0. The van der Waals surface area contributed by atoms with Crippen LogP contribution < -0.4 is 5.73 Å². The summed E-state index contributed by atoms with van der Waals surface area (Å²) in [5.74, 6) is 0. The van der Waals surface area contributed by atoms with Gasteiger partial charge in [-0.15, -0.1) is 0 Å². The number of rotatable bonds is 2. The zero-order valence-electron chi connectivity index (χ0n) is 14.5. The molecule has 0 amide bonds. The molecule has 26 heavy (non-hydrogen) atoms. The van der Waals surface area contributed by atoms with Crippen LogP contribution in [0.4, 0.5) is 0 Å². The summed E-state index contributed by atoms with van der Waals surface area (Å²) in [6.07, 6.45) is 2.53. The van der Waals surface area contributed by atoms with Crippen LogP contribution in [0.15, 0.2) is 58.3 Å². The van der Waals surface area contributed by atoms with Gasteiger partial charge in [-0.05, 0) is 51.0 Å². The number of hydrogen-bond acceptors (Lipinski definition) is 5. The van der Waals surface area contributed by atoms with Crippen molar-refractivity contribution >= 4 is 20.2 Å². The Hall–Kier alpha value is -1.78. The van der Waals surface area contributed by atoms with Crippen molar-refractivity contribution in [2.45, 2.75) is 42.5 Å². The van der Waals surface area contributed by atoms with E-state index >= 15 is 0 Å². The van der Waals surface area contributed by atoms with Crippen LogP contribution in [0.1, 0.15) is 24.0 Å². The summed E-state index contributed by atoms with van der Waals surface area (Å²) in [7, 11) is -8.04. The van der Waals surface area contributed by atoms with Gasteiger partial charge in [0.25, 0.3) is 20.2 Å². The molecule has 0 radical (unpaired) electrons. The quantitative estimate of drug-likeness (QED) is 0.658. The van der Waals surface area contributed by atoms with Crippen LogP contribution in [-0.2, 0) is 20.2 Å². The summed E-state index contributed by atoms with van der Waals surface area (Å²) < 4.78 is 59.1. The number of benzene rings is 2. The van der Waals surface area contributed by atoms with Crippen molar-refractivity contribution in [3.63, 3.8) is 0 Å². The minimum absolute atomic E-state index is 0.0666. The first-order valence-corrected chi connectivity index (χ1v) is 10.6. The molecule has 0 bridgehead atoms. The Morgan fingerprint density at radius 1 is 0.731 bits per heavy atom. The molecule has 0 heterocycles. The number of nitrogens with two attached hydrogens (primary N) is 1. The van der Waals surface area contributed by atoms with Gasteiger partial charge in [-0.25, -0.2) is 0 Å². The Bertz CT molecular complexity index is 827. The Balaban J connectivity index is 0.000000214. The highest BCUT2D eigenvalue weighted by Crippen LogP contribution is 2.14. The Morgan fingerprint density at radius 3 is 1.12 bits per heavy atom. The van der Waals surface area contributed by atoms with Gasteiger partial charge < -0.3 is 5.73 Å². The second kappa shape index (κ2) is 9.24. The Labute approximate surface area is 154 Å². The molecule has 0 unspecified atom stereocenters. The highest BCUT2D eigenvalue weighted by molar-refractivity contribution is 7.86. The molecule has 1 saturated carbocycles. The van der Waals surface area contributed by atoms with E-state index in [0.717, 1.165) is 11.1 Å². The zero-order valence-corrected chi connectivity index (χ0v) is 16.2. The van der Waals surface area contributed by atoms with Gasteiger partial charge >= 0.3 is 0 Å². The van der Waals surface area contributed by atoms with Gasteiger partial charge in [-0.2, -0.15) is 16.8 Å². The molecule has 0 saturated heterocycles. The molecule has 2 aromatic carbocycles. The molecule has 4 N–H and O–H groups in total. The summed E-state index contributed by atoms with van der Waals surface area (Å²) in [6.45, 7) is 3.68. The van der Waals surface area contributed by atoms with Gasteiger partial charge in [0.05, 0.1) is 9.79 Å². The van der Waals surface area contributed by atoms with Crippen LogP contribution >= 0.6 is 0 Å². The molecule has 9 heteroatoms. The van der Waals surface area contributed by atoms with Gasteiger partial charge in [0.15, 0.2) is 0 Å². The van der Waals surface area contributed by atoms with Crippen molar-refractivity contribution < 1.29 is 25.9 Å². The van der Waals surface area contributed by atoms with E-state index < -0.39 is 20.2 Å². The maximum atomic E-state index is 10.5. The largest absolute Gasteiger partial charge is 0.328 e. The normalized spacial score (nSPS) is 13.7. The van der Waals surface area contributed by atoms with Crippen molar-refractivity contribution in [1.82, 2.24) is 0 Å². The third-order valence-electron chi connectivity index (χ3n) is 3.26. The first kappa shape index (κ1) is 22.3. The lowest BCUT2D eigenvalue weighted by atomic mass is 10.2. The lowest BCUT2D eigenvalue weighted by molar-refractivity contribution is 0.481.